The Kier molecular flexibility index (Phi) is 44.9. The van der Waals surface area contributed by atoms with Crippen LogP contribution in [0, 0.1) is 33.0 Å². The number of amides is 11. The summed E-state index contributed by atoms with van der Waals surface area (Å²) in [6.07, 6.45) is -11.3. The molecule has 16 atom stereocenters. The highest BCUT2D eigenvalue weighted by Gasteiger charge is 2.51. The van der Waals surface area contributed by atoms with Crippen molar-refractivity contribution in [2.45, 2.75) is 233 Å². The fourth-order valence-corrected chi connectivity index (χ4v) is 16.3. The number of benzene rings is 4. The number of carbonyl (C=O) groups excluding carboxylic acids is 14. The van der Waals surface area contributed by atoms with Gasteiger partial charge in [-0.1, -0.05) is 68.4 Å². The SMILES string of the molecule is COc1cccc2c1C(=O)c1c(O)c3c(c(O)c1C2=O)C[C@@](O)(C(=O)CO)C[C@@H]3O[C@H]1C[C@H](NC(=O)CCC(=O)N[C@@H](CCCNC(=N)N)C(=O)N[C@@H](CCCNC(=N)N)C(=O)N[C@@H](CC(C)C)C(=O)N[C@@H](CO)C(=O)N[C@@H](Cc2ccc(O)cc2)C(=O)N[C@@H](CO)C(=O)N[C@@H](CCCNC(=N)N)C(=O)N[C@@H](CCCNC(=N)N)C(=O)N[C@@H](CCCNC(=N)N)C(=O)N[C@@H](Cc2ccccc2)C(=O)O)[C@H](O)[C@H](C)O1. The fraction of sp³-hybridized carbons (Fsp3) is 0.516. The number of phenols is 3. The highest BCUT2D eigenvalue weighted by Crippen LogP contribution is 2.53. The standard InChI is InChI=1S/C91H132N26O27/c1-43(2)34-56(81(135)116-60(41-119)84(138)114-57(35-46-23-25-47(121)26-24-46)82(136)117-59(40-118)83(137)112-52(19-11-31-104-88(96)97)78(132)110-51(18-10-30-103-87(94)95)77(131)111-54(21-13-33-106-90(100)101)80(134)115-58(85(139)140)36-45-14-6-5-7-15-45)113-79(133)53(20-12-32-105-89(98)99)109-76(130)50(17-9-29-102-86(92)93)107-64(123)27-28-65(124)108-55-37-66(143-44(3)71(55)125)144-62-39-91(141,63(122)42-120)38-49-68(62)75(129)70-69(73(49)127)72(126)48-16-8-22-61(142-4)67(48)74(70)128/h5-8,14-16,22-26,43-44,50-60,62,66,71,118-121,125,127,129,141H,9-13,17-21,27-42H2,1-4H3,(H,107,123)(H,108,124)(H,109,130)(H,110,132)(H,111,131)(H,112,137)(H,113,133)(H,114,138)(H,115,134)(H,116,135)(H,117,136)(H,139,140)(H4,92,93,102)(H4,94,95,103)(H4,96,97,104)(H4,98,99,105)(H4,100,101,106)/t44-,50-,51-,52-,53-,54-,55-,56-,57-,58-,59-,60-,62-,66-,71+,91-/m0/s1. The number of methoxy groups -OCH3 is 1. The van der Waals surface area contributed by atoms with Crippen LogP contribution in [0.15, 0.2) is 72.8 Å². The average Bonchev–Trinajstić information content (AvgIpc) is 0.708. The molecule has 11 amide bonds. The quantitative estimate of drug-likeness (QED) is 0.00744. The molecule has 0 bridgehead atoms. The second-order valence-corrected chi connectivity index (χ2v) is 35.1. The van der Waals surface area contributed by atoms with Gasteiger partial charge >= 0.3 is 5.97 Å². The Bertz CT molecular complexity index is 5290. The number of carboxylic acids is 1. The number of aromatic hydroxyl groups is 3. The van der Waals surface area contributed by atoms with Crippen molar-refractivity contribution >= 4 is 118 Å². The largest absolute Gasteiger partial charge is 0.508 e. The maximum atomic E-state index is 14.8. The van der Waals surface area contributed by atoms with Gasteiger partial charge in [0.25, 0.3) is 0 Å². The number of aliphatic hydroxyl groups is 5. The maximum Gasteiger partial charge on any atom is 0.326 e. The van der Waals surface area contributed by atoms with Gasteiger partial charge in [-0.25, -0.2) is 4.79 Å². The lowest BCUT2D eigenvalue weighted by Gasteiger charge is -2.43. The van der Waals surface area contributed by atoms with Crippen LogP contribution in [-0.2, 0) is 91.1 Å². The Morgan fingerprint density at radius 1 is 0.479 bits per heavy atom. The molecular formula is C91H132N26O27. The number of ketones is 3. The second-order valence-electron chi connectivity index (χ2n) is 35.1. The first-order valence-electron chi connectivity index (χ1n) is 46.4. The number of fused-ring (bicyclic) bond motifs is 3. The third-order valence-electron chi connectivity index (χ3n) is 23.7. The molecule has 4 aromatic rings. The molecular weight excluding hydrogens is 1890 g/mol. The normalized spacial score (nSPS) is 18.1. The van der Waals surface area contributed by atoms with Crippen molar-refractivity contribution in [3.05, 3.63) is 117 Å². The number of ether oxygens (including phenoxy) is 3. The fourth-order valence-electron chi connectivity index (χ4n) is 16.3. The lowest BCUT2D eigenvalue weighted by molar-refractivity contribution is -0.249. The van der Waals surface area contributed by atoms with Crippen molar-refractivity contribution in [2.75, 3.05) is 59.7 Å². The maximum absolute atomic E-state index is 14.8. The van der Waals surface area contributed by atoms with Gasteiger partial charge < -0.3 is 174 Å². The lowest BCUT2D eigenvalue weighted by atomic mass is 9.72. The highest BCUT2D eigenvalue weighted by atomic mass is 16.7. The number of aliphatic hydroxyl groups excluding tert-OH is 4. The minimum absolute atomic E-state index is 0.00190. The number of carboxylic acid groups (broad SMARTS) is 1. The van der Waals surface area contributed by atoms with Gasteiger partial charge in [0.05, 0.1) is 55.3 Å². The summed E-state index contributed by atoms with van der Waals surface area (Å²) in [7, 11) is 1.24. The Morgan fingerprint density at radius 3 is 1.30 bits per heavy atom. The minimum atomic E-state index is -2.53. The molecule has 0 spiro atoms. The number of guanidine groups is 5. The van der Waals surface area contributed by atoms with Gasteiger partial charge in [-0.15, -0.1) is 0 Å². The molecule has 4 aromatic carbocycles. The molecule has 3 aliphatic rings. The summed E-state index contributed by atoms with van der Waals surface area (Å²) >= 11 is 0. The summed E-state index contributed by atoms with van der Waals surface area (Å²) in [5.74, 6) is -21.0. The van der Waals surface area contributed by atoms with Crippen molar-refractivity contribution in [1.82, 2.24) is 85.1 Å². The summed E-state index contributed by atoms with van der Waals surface area (Å²) in [5, 5.41) is 178. The van der Waals surface area contributed by atoms with E-state index in [1.165, 1.54) is 56.5 Å². The predicted octanol–water partition coefficient (Wildman–Crippen LogP) is -7.59. The first-order chi connectivity index (χ1) is 68.2. The van der Waals surface area contributed by atoms with E-state index >= 15 is 0 Å². The molecule has 53 heteroatoms. The van der Waals surface area contributed by atoms with Crippen LogP contribution in [0.5, 0.6) is 23.0 Å². The molecule has 1 fully saturated rings. The first kappa shape index (κ1) is 116. The molecule has 0 saturated carbocycles. The second kappa shape index (κ2) is 55.9. The molecule has 53 nitrogen and oxygen atoms in total. The van der Waals surface area contributed by atoms with Crippen LogP contribution in [0.1, 0.15) is 177 Å². The number of hydrogen-bond acceptors (Lipinski definition) is 31. The van der Waals surface area contributed by atoms with Gasteiger partial charge in [-0.05, 0) is 113 Å². The molecule has 2 aliphatic carbocycles. The number of carbonyl (C=O) groups is 15. The summed E-state index contributed by atoms with van der Waals surface area (Å²) < 4.78 is 17.7. The number of aliphatic carboxylic acids is 1. The van der Waals surface area contributed by atoms with E-state index in [4.69, 9.17) is 69.9 Å². The van der Waals surface area contributed by atoms with Crippen LogP contribution >= 0.6 is 0 Å². The summed E-state index contributed by atoms with van der Waals surface area (Å²) in [5.41, 5.74) is 23.3. The topological polar surface area (TPSA) is 908 Å². The van der Waals surface area contributed by atoms with Crippen molar-refractivity contribution in [3.63, 3.8) is 0 Å². The van der Waals surface area contributed by atoms with Gasteiger partial charge in [-0.3, -0.25) is 94.2 Å². The third-order valence-corrected chi connectivity index (χ3v) is 23.7. The molecule has 0 aromatic heterocycles. The molecule has 0 radical (unpaired) electrons. The predicted molar refractivity (Wildman–Crippen MR) is 513 cm³/mol. The van der Waals surface area contributed by atoms with E-state index in [-0.39, 0.29) is 144 Å². The summed E-state index contributed by atoms with van der Waals surface area (Å²) in [6.45, 7) is 0.831. The Labute approximate surface area is 826 Å². The lowest BCUT2D eigenvalue weighted by Crippen LogP contribution is -2.62. The van der Waals surface area contributed by atoms with Crippen molar-refractivity contribution in [1.29, 1.82) is 27.0 Å². The average molecular weight is 2020 g/mol. The number of nitrogens with two attached hydrogens (primary N) is 5. The van der Waals surface area contributed by atoms with Gasteiger partial charge in [0.2, 0.25) is 70.8 Å². The van der Waals surface area contributed by atoms with E-state index in [1.54, 1.807) is 44.2 Å². The summed E-state index contributed by atoms with van der Waals surface area (Å²) in [4.78, 5) is 213. The monoisotopic (exact) mass is 2020 g/mol. The van der Waals surface area contributed by atoms with E-state index in [9.17, 15) is 118 Å². The Balaban J connectivity index is 1.06. The van der Waals surface area contributed by atoms with Crippen molar-refractivity contribution < 1.29 is 132 Å². The van der Waals surface area contributed by atoms with E-state index in [0.29, 0.717) is 5.56 Å². The van der Waals surface area contributed by atoms with E-state index < -0.39 is 307 Å². The zero-order valence-corrected chi connectivity index (χ0v) is 79.8. The van der Waals surface area contributed by atoms with Gasteiger partial charge in [0.15, 0.2) is 47.7 Å². The zero-order valence-electron chi connectivity index (χ0n) is 79.8. The molecule has 0 unspecified atom stereocenters. The third kappa shape index (κ3) is 34.6. The van der Waals surface area contributed by atoms with Crippen LogP contribution in [0.3, 0.4) is 0 Å². The van der Waals surface area contributed by atoms with Crippen LogP contribution in [0.4, 0.5) is 0 Å². The highest BCUT2D eigenvalue weighted by molar-refractivity contribution is 6.31. The van der Waals surface area contributed by atoms with Gasteiger partial charge in [-0.2, -0.15) is 0 Å². The molecule has 1 aliphatic heterocycles. The van der Waals surface area contributed by atoms with Crippen molar-refractivity contribution in [3.8, 4) is 23.0 Å². The van der Waals surface area contributed by atoms with Crippen LogP contribution in [0.25, 0.3) is 0 Å². The molecule has 7 rings (SSSR count). The van der Waals surface area contributed by atoms with Crippen LogP contribution in [-0.4, -0.2) is 314 Å². The number of nitrogens with one attached hydrogen (secondary N) is 21. The smallest absolute Gasteiger partial charge is 0.326 e. The number of phenolic OH excluding ortho intramolecular Hbond substituents is 3. The van der Waals surface area contributed by atoms with E-state index in [2.05, 4.69) is 85.1 Å². The Morgan fingerprint density at radius 2 is 0.868 bits per heavy atom. The van der Waals surface area contributed by atoms with Crippen molar-refractivity contribution in [2.24, 2.45) is 34.6 Å². The van der Waals surface area contributed by atoms with E-state index in [1.807, 2.05) is 0 Å². The number of hydrogen-bond donors (Lipinski definition) is 35. The van der Waals surface area contributed by atoms with Crippen LogP contribution < -0.4 is 118 Å². The van der Waals surface area contributed by atoms with Gasteiger partial charge in [0, 0.05) is 94.4 Å². The molecule has 788 valence electrons. The van der Waals surface area contributed by atoms with Gasteiger partial charge in [0.1, 0.15) is 102 Å². The number of Topliss-reactive ketones (excluding diaryl/α,β-unsaturated/α-hetero) is 1. The minimum Gasteiger partial charge on any atom is -0.508 e. The molecule has 1 heterocycles. The van der Waals surface area contributed by atoms with Crippen LogP contribution in [0.2, 0.25) is 0 Å². The van der Waals surface area contributed by atoms with E-state index in [0.717, 1.165) is 0 Å². The summed E-state index contributed by atoms with van der Waals surface area (Å²) in [6, 6.07) is -0.607. The number of rotatable bonds is 57. The molecule has 40 N–H and O–H groups in total. The first-order valence-corrected chi connectivity index (χ1v) is 46.4. The molecule has 144 heavy (non-hydrogen) atoms. The molecule has 1 saturated heterocycles. The Hall–Kier alpha value is -15.2. The zero-order chi connectivity index (χ0) is 107.